The molecule has 27 heavy (non-hydrogen) atoms. The summed E-state index contributed by atoms with van der Waals surface area (Å²) in [6.45, 7) is 14.5. The molecule has 6 nitrogen and oxygen atoms in total. The van der Waals surface area contributed by atoms with Crippen molar-refractivity contribution in [3.63, 3.8) is 0 Å². The van der Waals surface area contributed by atoms with Crippen LogP contribution in [0, 0.1) is 0 Å². The van der Waals surface area contributed by atoms with E-state index in [2.05, 4.69) is 30.7 Å². The van der Waals surface area contributed by atoms with Crippen LogP contribution in [-0.4, -0.2) is 111 Å². The minimum absolute atomic E-state index is 0.754. The Morgan fingerprint density at radius 3 is 1.11 bits per heavy atom. The quantitative estimate of drug-likeness (QED) is 0.558. The van der Waals surface area contributed by atoms with Gasteiger partial charge < -0.3 is 16.0 Å². The summed E-state index contributed by atoms with van der Waals surface area (Å²) in [5.41, 5.74) is 0. The highest BCUT2D eigenvalue weighted by Crippen LogP contribution is 2.18. The lowest BCUT2D eigenvalue weighted by atomic mass is 10.2. The molecule has 4 saturated heterocycles. The van der Waals surface area contributed by atoms with Gasteiger partial charge >= 0.3 is 0 Å². The number of hydrogen-bond donors (Lipinski definition) is 3. The van der Waals surface area contributed by atoms with E-state index in [4.69, 9.17) is 0 Å². The molecule has 3 atom stereocenters. The van der Waals surface area contributed by atoms with Crippen molar-refractivity contribution in [2.75, 3.05) is 78.5 Å². The molecule has 0 aromatic heterocycles. The number of nitrogens with one attached hydrogen (secondary N) is 3. The Hall–Kier alpha value is -0.240. The van der Waals surface area contributed by atoms with Crippen molar-refractivity contribution in [1.82, 2.24) is 30.7 Å². The van der Waals surface area contributed by atoms with E-state index >= 15 is 0 Å². The van der Waals surface area contributed by atoms with Crippen LogP contribution in [0.2, 0.25) is 0 Å². The second-order valence-electron chi connectivity index (χ2n) is 9.11. The van der Waals surface area contributed by atoms with E-state index in [1.54, 1.807) is 0 Å². The molecular formula is C21H42N6. The van der Waals surface area contributed by atoms with Crippen LogP contribution in [0.3, 0.4) is 0 Å². The molecule has 4 fully saturated rings. The van der Waals surface area contributed by atoms with Crippen LogP contribution in [-0.2, 0) is 0 Å². The van der Waals surface area contributed by atoms with Crippen molar-refractivity contribution in [3.05, 3.63) is 0 Å². The normalized spacial score (nSPS) is 36.7. The van der Waals surface area contributed by atoms with Gasteiger partial charge in [-0.15, -0.1) is 0 Å². The van der Waals surface area contributed by atoms with E-state index in [1.807, 2.05) is 0 Å². The highest BCUT2D eigenvalue weighted by molar-refractivity contribution is 4.86. The zero-order valence-corrected chi connectivity index (χ0v) is 17.3. The van der Waals surface area contributed by atoms with Crippen LogP contribution in [0.15, 0.2) is 0 Å². The van der Waals surface area contributed by atoms with Crippen molar-refractivity contribution in [2.45, 2.75) is 56.7 Å². The SMILES string of the molecule is C1C[C@H]2CNCCN3CCC[C@H]3CNCCN3CCC[C@H]3CNCCN2C1. The molecule has 0 radical (unpaired) electrons. The zero-order chi connectivity index (χ0) is 18.3. The summed E-state index contributed by atoms with van der Waals surface area (Å²) >= 11 is 0. The number of rotatable bonds is 0. The first-order valence-electron chi connectivity index (χ1n) is 11.7. The Morgan fingerprint density at radius 2 is 0.778 bits per heavy atom. The molecule has 0 saturated carbocycles. The zero-order valence-electron chi connectivity index (χ0n) is 17.3. The molecule has 0 aromatic rings. The fourth-order valence-electron chi connectivity index (χ4n) is 5.74. The van der Waals surface area contributed by atoms with Crippen LogP contribution < -0.4 is 16.0 Å². The van der Waals surface area contributed by atoms with Gasteiger partial charge in [-0.05, 0) is 58.2 Å². The molecule has 0 spiro atoms. The maximum absolute atomic E-state index is 3.77. The lowest BCUT2D eigenvalue weighted by Gasteiger charge is -2.29. The minimum Gasteiger partial charge on any atom is -0.314 e. The molecule has 156 valence electrons. The molecular weight excluding hydrogens is 336 g/mol. The van der Waals surface area contributed by atoms with Gasteiger partial charge in [-0.1, -0.05) is 0 Å². The van der Waals surface area contributed by atoms with Crippen molar-refractivity contribution in [2.24, 2.45) is 0 Å². The first-order chi connectivity index (χ1) is 13.4. The van der Waals surface area contributed by atoms with Gasteiger partial charge in [0, 0.05) is 77.0 Å². The molecule has 0 unspecified atom stereocenters. The van der Waals surface area contributed by atoms with Gasteiger partial charge in [0.05, 0.1) is 0 Å². The molecule has 0 aliphatic carbocycles. The Bertz CT molecular complexity index is 335. The average Bonchev–Trinajstić information content (AvgIpc) is 3.40. The fraction of sp³-hybridized carbons (Fsp3) is 1.00. The van der Waals surface area contributed by atoms with Gasteiger partial charge in [-0.25, -0.2) is 0 Å². The molecule has 3 N–H and O–H groups in total. The van der Waals surface area contributed by atoms with Gasteiger partial charge in [0.2, 0.25) is 0 Å². The highest BCUT2D eigenvalue weighted by atomic mass is 15.2. The molecule has 4 aliphatic rings. The molecule has 4 aliphatic heterocycles. The average molecular weight is 379 g/mol. The van der Waals surface area contributed by atoms with Gasteiger partial charge in [0.1, 0.15) is 0 Å². The smallest absolute Gasteiger partial charge is 0.0221 e. The summed E-state index contributed by atoms with van der Waals surface area (Å²) in [4.78, 5) is 8.16. The van der Waals surface area contributed by atoms with Crippen LogP contribution in [0.5, 0.6) is 0 Å². The predicted octanol–water partition coefficient (Wildman–Crippen LogP) is 0.162. The summed E-state index contributed by atoms with van der Waals surface area (Å²) in [7, 11) is 0. The molecule has 4 heterocycles. The van der Waals surface area contributed by atoms with E-state index in [0.29, 0.717) is 0 Å². The summed E-state index contributed by atoms with van der Waals surface area (Å²) in [6.07, 6.45) is 8.26. The van der Waals surface area contributed by atoms with E-state index in [-0.39, 0.29) is 0 Å². The Balaban J connectivity index is 1.31. The van der Waals surface area contributed by atoms with E-state index < -0.39 is 0 Å². The van der Waals surface area contributed by atoms with E-state index in [0.717, 1.165) is 37.8 Å². The second kappa shape index (κ2) is 10.5. The maximum Gasteiger partial charge on any atom is 0.0221 e. The summed E-state index contributed by atoms with van der Waals surface area (Å²) in [5.74, 6) is 0. The first kappa shape index (κ1) is 20.0. The first-order valence-corrected chi connectivity index (χ1v) is 11.7. The Labute approximate surface area is 166 Å². The molecule has 0 bridgehead atoms. The number of fused-ring (bicyclic) bond motifs is 3. The highest BCUT2D eigenvalue weighted by Gasteiger charge is 2.27. The second-order valence-corrected chi connectivity index (χ2v) is 9.11. The predicted molar refractivity (Wildman–Crippen MR) is 112 cm³/mol. The summed E-state index contributed by atoms with van der Waals surface area (Å²) in [6, 6.07) is 2.26. The Morgan fingerprint density at radius 1 is 0.444 bits per heavy atom. The van der Waals surface area contributed by atoms with Crippen LogP contribution in [0.1, 0.15) is 38.5 Å². The van der Waals surface area contributed by atoms with Crippen LogP contribution >= 0.6 is 0 Å². The van der Waals surface area contributed by atoms with Gasteiger partial charge in [0.15, 0.2) is 0 Å². The van der Waals surface area contributed by atoms with Crippen molar-refractivity contribution in [1.29, 1.82) is 0 Å². The lowest BCUT2D eigenvalue weighted by molar-refractivity contribution is 0.212. The van der Waals surface area contributed by atoms with E-state index in [9.17, 15) is 0 Å². The van der Waals surface area contributed by atoms with Gasteiger partial charge in [-0.3, -0.25) is 14.7 Å². The number of nitrogens with zero attached hydrogens (tertiary/aromatic N) is 3. The van der Waals surface area contributed by atoms with Gasteiger partial charge in [0.25, 0.3) is 0 Å². The van der Waals surface area contributed by atoms with Gasteiger partial charge in [-0.2, -0.15) is 0 Å². The minimum atomic E-state index is 0.754. The van der Waals surface area contributed by atoms with Crippen LogP contribution in [0.25, 0.3) is 0 Å². The largest absolute Gasteiger partial charge is 0.314 e. The third-order valence-corrected chi connectivity index (χ3v) is 7.36. The maximum atomic E-state index is 3.77. The third-order valence-electron chi connectivity index (χ3n) is 7.36. The summed E-state index contributed by atoms with van der Waals surface area (Å²) < 4.78 is 0. The topological polar surface area (TPSA) is 45.8 Å². The Kier molecular flexibility index (Phi) is 7.81. The monoisotopic (exact) mass is 378 g/mol. The third kappa shape index (κ3) is 5.64. The van der Waals surface area contributed by atoms with Crippen molar-refractivity contribution in [3.8, 4) is 0 Å². The van der Waals surface area contributed by atoms with Crippen molar-refractivity contribution < 1.29 is 0 Å². The molecule has 0 aromatic carbocycles. The van der Waals surface area contributed by atoms with Crippen LogP contribution in [0.4, 0.5) is 0 Å². The number of hydrogen-bond acceptors (Lipinski definition) is 6. The molecule has 4 rings (SSSR count). The molecule has 6 heteroatoms. The lowest BCUT2D eigenvalue weighted by Crippen LogP contribution is -2.47. The van der Waals surface area contributed by atoms with E-state index in [1.165, 1.54) is 97.4 Å². The summed E-state index contributed by atoms with van der Waals surface area (Å²) in [5, 5.41) is 11.3. The fourth-order valence-corrected chi connectivity index (χ4v) is 5.74. The van der Waals surface area contributed by atoms with Crippen molar-refractivity contribution >= 4 is 0 Å². The molecule has 0 amide bonds. The standard InChI is InChI=1S/C21H42N6/c1-4-19-16-22-8-14-26-11-3-6-21(26)18-24-9-15-27-12-2-5-20(27)17-23-7-13-25(19)10-1/h19-24H,1-18H2/t19-,20-,21-/m0/s1.